The molecule has 1 atom stereocenters. The van der Waals surface area contributed by atoms with Gasteiger partial charge in [0.25, 0.3) is 5.91 Å². The van der Waals surface area contributed by atoms with Gasteiger partial charge >= 0.3 is 0 Å². The summed E-state index contributed by atoms with van der Waals surface area (Å²) < 4.78 is 13.5. The van der Waals surface area contributed by atoms with Crippen molar-refractivity contribution in [2.75, 3.05) is 16.0 Å². The maximum Gasteiger partial charge on any atom is 0.255 e. The standard InChI is InChI=1S/C31H22FN7O/c32-22-9-6-18(7-10-22)25-16-34-17-27-28(25)37-30(36-27)29-24-13-20(8-11-26(24)38-39-29)21-12-23(15-33-14-21)35-31(40)19-4-2-1-3-5-19/h1-17,30,36-37H,(H,35,40)(H,38,39). The molecule has 1 amide bonds. The number of nitrogens with one attached hydrogen (secondary N) is 4. The number of benzene rings is 3. The first kappa shape index (κ1) is 23.5. The lowest BCUT2D eigenvalue weighted by molar-refractivity contribution is 0.102. The summed E-state index contributed by atoms with van der Waals surface area (Å²) in [6.45, 7) is 0. The third-order valence-corrected chi connectivity index (χ3v) is 6.93. The molecule has 0 radical (unpaired) electrons. The number of carbonyl (C=O) groups excluding carboxylic acids is 1. The first-order valence-electron chi connectivity index (χ1n) is 12.7. The van der Waals surface area contributed by atoms with Gasteiger partial charge in [0, 0.05) is 34.5 Å². The Morgan fingerprint density at radius 3 is 2.45 bits per heavy atom. The van der Waals surface area contributed by atoms with Crippen LogP contribution in [0.2, 0.25) is 0 Å². The van der Waals surface area contributed by atoms with Crippen LogP contribution in [0.5, 0.6) is 0 Å². The number of hydrogen-bond donors (Lipinski definition) is 4. The van der Waals surface area contributed by atoms with Gasteiger partial charge in [-0.1, -0.05) is 36.4 Å². The molecule has 9 heteroatoms. The molecule has 4 heterocycles. The van der Waals surface area contributed by atoms with Crippen molar-refractivity contribution in [3.05, 3.63) is 121 Å². The quantitative estimate of drug-likeness (QED) is 0.201. The fraction of sp³-hybridized carbons (Fsp3) is 0.0323. The van der Waals surface area contributed by atoms with Crippen molar-refractivity contribution in [3.8, 4) is 22.3 Å². The van der Waals surface area contributed by atoms with E-state index in [1.165, 1.54) is 12.1 Å². The van der Waals surface area contributed by atoms with Crippen LogP contribution in [-0.4, -0.2) is 26.1 Å². The highest BCUT2D eigenvalue weighted by Crippen LogP contribution is 2.42. The van der Waals surface area contributed by atoms with Crippen LogP contribution in [0.4, 0.5) is 21.5 Å². The number of hydrogen-bond acceptors (Lipinski definition) is 6. The number of carbonyl (C=O) groups is 1. The molecule has 3 aromatic carbocycles. The third-order valence-electron chi connectivity index (χ3n) is 6.93. The number of halogens is 1. The van der Waals surface area contributed by atoms with Gasteiger partial charge in [0.05, 0.1) is 40.7 Å². The number of aromatic nitrogens is 4. The van der Waals surface area contributed by atoms with Crippen molar-refractivity contribution in [3.63, 3.8) is 0 Å². The number of anilines is 3. The van der Waals surface area contributed by atoms with Crippen molar-refractivity contribution in [2.24, 2.45) is 0 Å². The van der Waals surface area contributed by atoms with Crippen LogP contribution >= 0.6 is 0 Å². The molecule has 7 rings (SSSR count). The van der Waals surface area contributed by atoms with Crippen molar-refractivity contribution in [1.82, 2.24) is 20.2 Å². The van der Waals surface area contributed by atoms with Gasteiger partial charge < -0.3 is 16.0 Å². The second-order valence-electron chi connectivity index (χ2n) is 9.49. The number of amides is 1. The van der Waals surface area contributed by atoms with E-state index in [4.69, 9.17) is 0 Å². The first-order chi connectivity index (χ1) is 19.6. The van der Waals surface area contributed by atoms with Crippen LogP contribution in [-0.2, 0) is 0 Å². The van der Waals surface area contributed by atoms with Crippen molar-refractivity contribution in [1.29, 1.82) is 0 Å². The lowest BCUT2D eigenvalue weighted by atomic mass is 10.0. The molecule has 3 aromatic heterocycles. The van der Waals surface area contributed by atoms with Gasteiger partial charge in [-0.15, -0.1) is 0 Å². The highest BCUT2D eigenvalue weighted by atomic mass is 19.1. The van der Waals surface area contributed by atoms with Crippen LogP contribution in [0, 0.1) is 5.82 Å². The smallest absolute Gasteiger partial charge is 0.255 e. The van der Waals surface area contributed by atoms with Crippen LogP contribution in [0.15, 0.2) is 104 Å². The molecule has 8 nitrogen and oxygen atoms in total. The van der Waals surface area contributed by atoms with E-state index in [1.54, 1.807) is 49.1 Å². The minimum atomic E-state index is -0.285. The number of aromatic amines is 1. The van der Waals surface area contributed by atoms with E-state index in [0.717, 1.165) is 50.2 Å². The predicted octanol–water partition coefficient (Wildman–Crippen LogP) is 6.61. The Labute approximate surface area is 228 Å². The van der Waals surface area contributed by atoms with Gasteiger partial charge in [-0.2, -0.15) is 5.10 Å². The molecule has 1 aliphatic rings. The van der Waals surface area contributed by atoms with Crippen LogP contribution in [0.3, 0.4) is 0 Å². The molecular weight excluding hydrogens is 505 g/mol. The van der Waals surface area contributed by atoms with E-state index >= 15 is 0 Å². The second-order valence-corrected chi connectivity index (χ2v) is 9.49. The van der Waals surface area contributed by atoms with Gasteiger partial charge in [-0.05, 0) is 53.6 Å². The molecule has 0 saturated carbocycles. The van der Waals surface area contributed by atoms with Crippen LogP contribution in [0.25, 0.3) is 33.2 Å². The van der Waals surface area contributed by atoms with Gasteiger partial charge in [-0.3, -0.25) is 19.9 Å². The average Bonchev–Trinajstić information content (AvgIpc) is 3.62. The van der Waals surface area contributed by atoms with Crippen molar-refractivity contribution >= 4 is 33.9 Å². The molecular formula is C31H22FN7O. The molecule has 0 spiro atoms. The summed E-state index contributed by atoms with van der Waals surface area (Å²) in [6.07, 6.45) is 6.64. The average molecular weight is 528 g/mol. The number of pyridine rings is 2. The van der Waals surface area contributed by atoms with E-state index in [1.807, 2.05) is 36.4 Å². The highest BCUT2D eigenvalue weighted by molar-refractivity contribution is 6.04. The van der Waals surface area contributed by atoms with E-state index in [9.17, 15) is 9.18 Å². The molecule has 1 unspecified atom stereocenters. The second kappa shape index (κ2) is 9.63. The largest absolute Gasteiger partial charge is 0.358 e. The van der Waals surface area contributed by atoms with E-state index < -0.39 is 0 Å². The van der Waals surface area contributed by atoms with Crippen LogP contribution < -0.4 is 16.0 Å². The molecule has 0 bridgehead atoms. The highest BCUT2D eigenvalue weighted by Gasteiger charge is 2.27. The lowest BCUT2D eigenvalue weighted by Crippen LogP contribution is -2.13. The summed E-state index contributed by atoms with van der Waals surface area (Å²) in [7, 11) is 0. The lowest BCUT2D eigenvalue weighted by Gasteiger charge is -2.12. The Morgan fingerprint density at radius 1 is 0.800 bits per heavy atom. The molecule has 6 aromatic rings. The zero-order valence-corrected chi connectivity index (χ0v) is 21.0. The number of H-pyrrole nitrogens is 1. The zero-order chi connectivity index (χ0) is 27.1. The summed E-state index contributed by atoms with van der Waals surface area (Å²) >= 11 is 0. The van der Waals surface area contributed by atoms with E-state index in [2.05, 4.69) is 42.2 Å². The molecule has 40 heavy (non-hydrogen) atoms. The SMILES string of the molecule is O=C(Nc1cncc(-c2ccc3n[nH]c(C4Nc5cncc(-c6ccc(F)cc6)c5N4)c3c2)c1)c1ccccc1. The summed E-state index contributed by atoms with van der Waals surface area (Å²) in [5.41, 5.74) is 8.12. The summed E-state index contributed by atoms with van der Waals surface area (Å²) in [5.74, 6) is -0.480. The minimum Gasteiger partial charge on any atom is -0.358 e. The Morgan fingerprint density at radius 2 is 1.60 bits per heavy atom. The monoisotopic (exact) mass is 527 g/mol. The van der Waals surface area contributed by atoms with Gasteiger partial charge in [0.1, 0.15) is 12.0 Å². The zero-order valence-electron chi connectivity index (χ0n) is 21.0. The molecule has 0 saturated heterocycles. The summed E-state index contributed by atoms with van der Waals surface area (Å²) in [4.78, 5) is 21.4. The first-order valence-corrected chi connectivity index (χ1v) is 12.7. The van der Waals surface area contributed by atoms with Crippen LogP contribution in [0.1, 0.15) is 22.2 Å². The molecule has 1 aliphatic heterocycles. The molecule has 194 valence electrons. The summed E-state index contributed by atoms with van der Waals surface area (Å²) in [6, 6.07) is 23.3. The fourth-order valence-corrected chi connectivity index (χ4v) is 4.94. The van der Waals surface area contributed by atoms with Crippen molar-refractivity contribution < 1.29 is 9.18 Å². The fourth-order valence-electron chi connectivity index (χ4n) is 4.94. The minimum absolute atomic E-state index is 0.195. The Bertz CT molecular complexity index is 1870. The topological polar surface area (TPSA) is 108 Å². The maximum absolute atomic E-state index is 13.5. The molecule has 0 fully saturated rings. The number of rotatable bonds is 5. The predicted molar refractivity (Wildman–Crippen MR) is 153 cm³/mol. The normalized spacial score (nSPS) is 13.9. The number of fused-ring (bicyclic) bond motifs is 2. The van der Waals surface area contributed by atoms with Crippen molar-refractivity contribution in [2.45, 2.75) is 6.17 Å². The Balaban J connectivity index is 1.18. The third kappa shape index (κ3) is 4.29. The number of nitrogens with zero attached hydrogens (tertiary/aromatic N) is 3. The maximum atomic E-state index is 13.5. The Kier molecular flexibility index (Phi) is 5.67. The molecule has 0 aliphatic carbocycles. The van der Waals surface area contributed by atoms with E-state index in [-0.39, 0.29) is 17.9 Å². The Hall–Kier alpha value is -5.57. The van der Waals surface area contributed by atoms with Gasteiger partial charge in [0.2, 0.25) is 0 Å². The van der Waals surface area contributed by atoms with Gasteiger partial charge in [-0.25, -0.2) is 4.39 Å². The van der Waals surface area contributed by atoms with Gasteiger partial charge in [0.15, 0.2) is 0 Å². The summed E-state index contributed by atoms with van der Waals surface area (Å²) in [5, 5.41) is 18.6. The van der Waals surface area contributed by atoms with E-state index in [0.29, 0.717) is 11.3 Å². The molecule has 4 N–H and O–H groups in total.